The summed E-state index contributed by atoms with van der Waals surface area (Å²) in [6.07, 6.45) is 11.6. The van der Waals surface area contributed by atoms with Gasteiger partial charge < -0.3 is 0 Å². The van der Waals surface area contributed by atoms with Gasteiger partial charge in [0.15, 0.2) is 0 Å². The minimum atomic E-state index is 0.982. The van der Waals surface area contributed by atoms with Gasteiger partial charge in [-0.2, -0.15) is 0 Å². The van der Waals surface area contributed by atoms with Crippen LogP contribution in [0.1, 0.15) is 44.9 Å². The highest BCUT2D eigenvalue weighted by Gasteiger charge is 2.11. The largest absolute Gasteiger partial charge is 0.232 e. The third-order valence-corrected chi connectivity index (χ3v) is 2.67. The van der Waals surface area contributed by atoms with Crippen molar-refractivity contribution in [2.75, 3.05) is 0 Å². The van der Waals surface area contributed by atoms with Crippen LogP contribution in [0.25, 0.3) is 0 Å². The quantitative estimate of drug-likeness (QED) is 0.494. The van der Waals surface area contributed by atoms with Gasteiger partial charge in [0.25, 0.3) is 0 Å². The molecule has 0 atom stereocenters. The molecule has 0 amide bonds. The maximum absolute atomic E-state index is 3.79. The van der Waals surface area contributed by atoms with E-state index >= 15 is 0 Å². The molecule has 0 spiro atoms. The van der Waals surface area contributed by atoms with Crippen molar-refractivity contribution in [2.45, 2.75) is 44.9 Å². The second-order valence-electron chi connectivity index (χ2n) is 3.38. The van der Waals surface area contributed by atoms with Gasteiger partial charge in [0.05, 0.1) is 0 Å². The second-order valence-corrected chi connectivity index (χ2v) is 3.61. The van der Waals surface area contributed by atoms with Crippen LogP contribution in [0.3, 0.4) is 0 Å². The van der Waals surface area contributed by atoms with Crippen LogP contribution in [0.2, 0.25) is 0 Å². The molecule has 1 aliphatic carbocycles. The molecule has 0 aromatic heterocycles. The molecular formula is C9H17NS. The van der Waals surface area contributed by atoms with Crippen LogP contribution in [0.15, 0.2) is 4.40 Å². The normalized spacial score (nSPS) is 21.2. The number of nitrogens with zero attached hydrogens (tertiary/aromatic N) is 1. The molecule has 1 nitrogen and oxygen atoms in total. The van der Waals surface area contributed by atoms with Crippen LogP contribution >= 0.6 is 12.8 Å². The lowest BCUT2D eigenvalue weighted by atomic mass is 9.86. The summed E-state index contributed by atoms with van der Waals surface area (Å²) >= 11 is 3.79. The van der Waals surface area contributed by atoms with E-state index in [2.05, 4.69) is 17.2 Å². The summed E-state index contributed by atoms with van der Waals surface area (Å²) in [6, 6.07) is 0. The van der Waals surface area contributed by atoms with Gasteiger partial charge in [-0.3, -0.25) is 0 Å². The molecule has 0 radical (unpaired) electrons. The highest BCUT2D eigenvalue weighted by molar-refractivity contribution is 7.78. The van der Waals surface area contributed by atoms with Gasteiger partial charge in [-0.05, 0) is 31.6 Å². The molecule has 2 heteroatoms. The van der Waals surface area contributed by atoms with E-state index in [1.54, 1.807) is 0 Å². The Balaban J connectivity index is 2.04. The summed E-state index contributed by atoms with van der Waals surface area (Å²) in [7, 11) is 0. The zero-order chi connectivity index (χ0) is 7.94. The molecule has 1 saturated carbocycles. The number of hydrogen-bond acceptors (Lipinski definition) is 2. The Morgan fingerprint density at radius 2 is 2.00 bits per heavy atom. The van der Waals surface area contributed by atoms with Crippen molar-refractivity contribution in [3.05, 3.63) is 0 Å². The average Bonchev–Trinajstić information content (AvgIpc) is 2.07. The summed E-state index contributed by atoms with van der Waals surface area (Å²) < 4.78 is 3.69. The maximum atomic E-state index is 3.79. The predicted octanol–water partition coefficient (Wildman–Crippen LogP) is 3.26. The Kier molecular flexibility index (Phi) is 4.67. The van der Waals surface area contributed by atoms with Gasteiger partial charge in [0, 0.05) is 6.21 Å². The molecule has 0 aromatic carbocycles. The SMILES string of the molecule is SN=CCCC1CCCCC1. The van der Waals surface area contributed by atoms with Crippen LogP contribution in [0.4, 0.5) is 0 Å². The van der Waals surface area contributed by atoms with Crippen molar-refractivity contribution in [3.63, 3.8) is 0 Å². The molecule has 0 unspecified atom stereocenters. The van der Waals surface area contributed by atoms with Crippen LogP contribution < -0.4 is 0 Å². The molecule has 11 heavy (non-hydrogen) atoms. The topological polar surface area (TPSA) is 12.4 Å². The number of hydrogen-bond donors (Lipinski definition) is 1. The Bertz CT molecular complexity index is 117. The maximum Gasteiger partial charge on any atom is 0.0123 e. The van der Waals surface area contributed by atoms with Gasteiger partial charge in [-0.1, -0.05) is 32.1 Å². The third kappa shape index (κ3) is 3.80. The van der Waals surface area contributed by atoms with E-state index in [9.17, 15) is 0 Å². The number of thiol groups is 1. The highest BCUT2D eigenvalue weighted by atomic mass is 32.1. The number of rotatable bonds is 3. The molecule has 0 bridgehead atoms. The van der Waals surface area contributed by atoms with E-state index in [0.29, 0.717) is 0 Å². The Labute approximate surface area is 74.8 Å². The first kappa shape index (κ1) is 9.11. The van der Waals surface area contributed by atoms with E-state index in [-0.39, 0.29) is 0 Å². The summed E-state index contributed by atoms with van der Waals surface area (Å²) in [5.74, 6) is 0.982. The van der Waals surface area contributed by atoms with Gasteiger partial charge in [-0.25, -0.2) is 4.40 Å². The molecule has 0 aromatic rings. The molecule has 1 aliphatic rings. The molecule has 1 rings (SSSR count). The lowest BCUT2D eigenvalue weighted by Crippen LogP contribution is -2.05. The minimum absolute atomic E-state index is 0.982. The van der Waals surface area contributed by atoms with Crippen molar-refractivity contribution in [2.24, 2.45) is 10.3 Å². The van der Waals surface area contributed by atoms with E-state index in [1.807, 2.05) is 6.21 Å². The lowest BCUT2D eigenvalue weighted by molar-refractivity contribution is 0.344. The molecule has 0 N–H and O–H groups in total. The highest BCUT2D eigenvalue weighted by Crippen LogP contribution is 2.26. The smallest absolute Gasteiger partial charge is 0.0123 e. The summed E-state index contributed by atoms with van der Waals surface area (Å²) in [5, 5.41) is 0. The molecule has 0 aliphatic heterocycles. The standard InChI is InChI=1S/C9H17NS/c11-10-8-4-7-9-5-2-1-3-6-9/h8-9,11H,1-7H2. The molecule has 1 fully saturated rings. The Morgan fingerprint density at radius 3 is 2.64 bits per heavy atom. The van der Waals surface area contributed by atoms with E-state index in [1.165, 1.54) is 38.5 Å². The van der Waals surface area contributed by atoms with Crippen molar-refractivity contribution in [3.8, 4) is 0 Å². The fraction of sp³-hybridized carbons (Fsp3) is 0.889. The van der Waals surface area contributed by atoms with Crippen molar-refractivity contribution < 1.29 is 0 Å². The van der Waals surface area contributed by atoms with Gasteiger partial charge in [0.1, 0.15) is 0 Å². The zero-order valence-corrected chi connectivity index (χ0v) is 7.89. The first-order chi connectivity index (χ1) is 5.43. The van der Waals surface area contributed by atoms with Crippen LogP contribution in [-0.2, 0) is 0 Å². The van der Waals surface area contributed by atoms with Gasteiger partial charge >= 0.3 is 0 Å². The Hall–Kier alpha value is 0.0200. The second kappa shape index (κ2) is 5.64. The molecule has 64 valence electrons. The summed E-state index contributed by atoms with van der Waals surface area (Å²) in [6.45, 7) is 0. The van der Waals surface area contributed by atoms with Crippen LogP contribution in [0.5, 0.6) is 0 Å². The fourth-order valence-electron chi connectivity index (χ4n) is 1.84. The third-order valence-electron chi connectivity index (χ3n) is 2.51. The molecule has 0 heterocycles. The molecular weight excluding hydrogens is 154 g/mol. The fourth-order valence-corrected chi connectivity index (χ4v) is 1.96. The average molecular weight is 171 g/mol. The van der Waals surface area contributed by atoms with Crippen molar-refractivity contribution >= 4 is 19.0 Å². The van der Waals surface area contributed by atoms with Crippen LogP contribution in [0, 0.1) is 5.92 Å². The first-order valence-electron chi connectivity index (χ1n) is 4.59. The summed E-state index contributed by atoms with van der Waals surface area (Å²) in [5.41, 5.74) is 0. The van der Waals surface area contributed by atoms with Gasteiger partial charge in [-0.15, -0.1) is 0 Å². The Morgan fingerprint density at radius 1 is 1.27 bits per heavy atom. The minimum Gasteiger partial charge on any atom is -0.232 e. The monoisotopic (exact) mass is 171 g/mol. The first-order valence-corrected chi connectivity index (χ1v) is 4.99. The predicted molar refractivity (Wildman–Crippen MR) is 53.3 cm³/mol. The molecule has 0 saturated heterocycles. The van der Waals surface area contributed by atoms with E-state index in [4.69, 9.17) is 0 Å². The lowest BCUT2D eigenvalue weighted by Gasteiger charge is -2.20. The van der Waals surface area contributed by atoms with Gasteiger partial charge in [0.2, 0.25) is 0 Å². The van der Waals surface area contributed by atoms with Crippen molar-refractivity contribution in [1.82, 2.24) is 0 Å². The van der Waals surface area contributed by atoms with E-state index in [0.717, 1.165) is 12.3 Å². The van der Waals surface area contributed by atoms with Crippen molar-refractivity contribution in [1.29, 1.82) is 0 Å². The summed E-state index contributed by atoms with van der Waals surface area (Å²) in [4.78, 5) is 0. The zero-order valence-electron chi connectivity index (χ0n) is 7.00. The van der Waals surface area contributed by atoms with E-state index < -0.39 is 0 Å². The van der Waals surface area contributed by atoms with Crippen LogP contribution in [-0.4, -0.2) is 6.21 Å².